The minimum absolute atomic E-state index is 0.118. The summed E-state index contributed by atoms with van der Waals surface area (Å²) in [5.74, 6) is -1.03. The van der Waals surface area contributed by atoms with Gasteiger partial charge in [-0.15, -0.1) is 0 Å². The van der Waals surface area contributed by atoms with Crippen molar-refractivity contribution >= 4 is 17.9 Å². The van der Waals surface area contributed by atoms with E-state index < -0.39 is 6.10 Å². The first-order chi connectivity index (χ1) is 31.5. The minimum atomic E-state index is -0.820. The Labute approximate surface area is 393 Å². The van der Waals surface area contributed by atoms with Gasteiger partial charge >= 0.3 is 17.9 Å². The van der Waals surface area contributed by atoms with Crippen molar-refractivity contribution in [2.45, 2.75) is 226 Å². The molecule has 0 aliphatic heterocycles. The molecule has 0 radical (unpaired) electrons. The van der Waals surface area contributed by atoms with Crippen LogP contribution in [0.25, 0.3) is 0 Å². The number of unbranched alkanes of at least 4 members (excludes halogenated alkanes) is 16. The Balaban J connectivity index is 4.52. The van der Waals surface area contributed by atoms with Crippen LogP contribution in [0.4, 0.5) is 0 Å². The molecular formula is C58H94O6. The van der Waals surface area contributed by atoms with Crippen molar-refractivity contribution in [3.05, 3.63) is 109 Å². The summed E-state index contributed by atoms with van der Waals surface area (Å²) in [6, 6.07) is 0. The fraction of sp³-hybridized carbons (Fsp3) is 0.638. The van der Waals surface area contributed by atoms with E-state index in [1.54, 1.807) is 0 Å². The van der Waals surface area contributed by atoms with Crippen molar-refractivity contribution in [2.75, 3.05) is 13.2 Å². The molecule has 0 amide bonds. The predicted octanol–water partition coefficient (Wildman–Crippen LogP) is 17.1. The van der Waals surface area contributed by atoms with Crippen molar-refractivity contribution in [3.8, 4) is 0 Å². The van der Waals surface area contributed by atoms with Gasteiger partial charge in [-0.1, -0.05) is 201 Å². The zero-order chi connectivity index (χ0) is 46.5. The molecule has 0 aliphatic carbocycles. The molecule has 0 aliphatic rings. The lowest BCUT2D eigenvalue weighted by Crippen LogP contribution is -2.30. The van der Waals surface area contributed by atoms with Gasteiger partial charge in [0.2, 0.25) is 0 Å². The van der Waals surface area contributed by atoms with E-state index in [1.165, 1.54) is 64.2 Å². The second-order valence-corrected chi connectivity index (χ2v) is 16.7. The maximum Gasteiger partial charge on any atom is 0.306 e. The van der Waals surface area contributed by atoms with Crippen molar-refractivity contribution in [1.82, 2.24) is 0 Å². The number of ether oxygens (including phenoxy) is 3. The lowest BCUT2D eigenvalue weighted by atomic mass is 10.1. The number of rotatable bonds is 45. The van der Waals surface area contributed by atoms with Crippen molar-refractivity contribution in [3.63, 3.8) is 0 Å². The van der Waals surface area contributed by atoms with Crippen LogP contribution in [-0.4, -0.2) is 37.2 Å². The molecule has 0 rings (SSSR count). The molecule has 0 fully saturated rings. The molecule has 0 heterocycles. The number of hydrogen-bond acceptors (Lipinski definition) is 6. The zero-order valence-corrected chi connectivity index (χ0v) is 41.3. The van der Waals surface area contributed by atoms with Gasteiger partial charge in [-0.05, 0) is 109 Å². The highest BCUT2D eigenvalue weighted by Gasteiger charge is 2.19. The maximum atomic E-state index is 12.8. The Morgan fingerprint density at radius 2 is 0.641 bits per heavy atom. The Morgan fingerprint density at radius 1 is 0.328 bits per heavy atom. The fourth-order valence-electron chi connectivity index (χ4n) is 6.68. The molecule has 0 saturated carbocycles. The summed E-state index contributed by atoms with van der Waals surface area (Å²) in [6.07, 6.45) is 69.4. The number of carbonyl (C=O) groups excluding carboxylic acids is 3. The zero-order valence-electron chi connectivity index (χ0n) is 41.3. The monoisotopic (exact) mass is 887 g/mol. The summed E-state index contributed by atoms with van der Waals surface area (Å²) in [4.78, 5) is 37.9. The highest BCUT2D eigenvalue weighted by Crippen LogP contribution is 2.13. The number of hydrogen-bond donors (Lipinski definition) is 0. The lowest BCUT2D eigenvalue weighted by molar-refractivity contribution is -0.166. The van der Waals surface area contributed by atoms with Crippen LogP contribution in [-0.2, 0) is 28.6 Å². The van der Waals surface area contributed by atoms with Gasteiger partial charge in [-0.25, -0.2) is 0 Å². The smallest absolute Gasteiger partial charge is 0.306 e. The van der Waals surface area contributed by atoms with E-state index in [9.17, 15) is 14.4 Å². The van der Waals surface area contributed by atoms with Crippen LogP contribution >= 0.6 is 0 Å². The summed E-state index contributed by atoms with van der Waals surface area (Å²) in [5.41, 5.74) is 0. The van der Waals surface area contributed by atoms with Gasteiger partial charge in [0.25, 0.3) is 0 Å². The molecule has 6 heteroatoms. The molecule has 64 heavy (non-hydrogen) atoms. The SMILES string of the molecule is CC/C=C\C/C=C\C/C=C\C/C=C\C/C=C\CCCCCC(=O)OCC(COC(=O)CC/C=C\C/C=C\CCCCCCCC)OC(=O)CCCCCCCCC/C=C\C/C=C\CC. The third-order valence-corrected chi connectivity index (χ3v) is 10.5. The van der Waals surface area contributed by atoms with E-state index in [2.05, 4.69) is 124 Å². The molecule has 0 aromatic carbocycles. The number of carbonyl (C=O) groups is 3. The van der Waals surface area contributed by atoms with Crippen LogP contribution in [0.15, 0.2) is 109 Å². The average molecular weight is 887 g/mol. The number of esters is 3. The van der Waals surface area contributed by atoms with Gasteiger partial charge in [-0.3, -0.25) is 14.4 Å². The van der Waals surface area contributed by atoms with Crippen molar-refractivity contribution < 1.29 is 28.6 Å². The largest absolute Gasteiger partial charge is 0.462 e. The van der Waals surface area contributed by atoms with Gasteiger partial charge in [0.05, 0.1) is 0 Å². The Kier molecular flexibility index (Phi) is 48.5. The second-order valence-electron chi connectivity index (χ2n) is 16.7. The molecule has 362 valence electrons. The van der Waals surface area contributed by atoms with Gasteiger partial charge in [0.15, 0.2) is 6.10 Å². The van der Waals surface area contributed by atoms with Crippen LogP contribution in [0.3, 0.4) is 0 Å². The molecule has 1 atom stereocenters. The first-order valence-electron chi connectivity index (χ1n) is 25.9. The van der Waals surface area contributed by atoms with E-state index >= 15 is 0 Å². The summed E-state index contributed by atoms with van der Waals surface area (Å²) in [6.45, 7) is 6.31. The van der Waals surface area contributed by atoms with Gasteiger partial charge in [0, 0.05) is 19.3 Å². The van der Waals surface area contributed by atoms with Crippen LogP contribution in [0.5, 0.6) is 0 Å². The standard InChI is InChI=1S/C58H94O6/c1-4-7-10-13-16-19-22-25-27-28-29-30-31-34-36-39-42-45-48-51-57(60)63-54-55(53-62-56(59)50-47-44-41-38-35-32-24-21-18-15-12-9-6-3)64-58(61)52-49-46-43-40-37-33-26-23-20-17-14-11-8-5-2/h7-8,10-11,16-17,19-20,25,27,29-30,32,34-36,41,44,55H,4-6,9,12-15,18,21-24,26,28,31,33,37-40,42-43,45-54H2,1-3H3/b10-7-,11-8-,19-16-,20-17-,27-25-,30-29-,35-32-,36-34-,44-41-. The first-order valence-corrected chi connectivity index (χ1v) is 25.9. The molecule has 0 aromatic heterocycles. The van der Waals surface area contributed by atoms with Crippen molar-refractivity contribution in [2.24, 2.45) is 0 Å². The van der Waals surface area contributed by atoms with E-state index in [1.807, 2.05) is 6.08 Å². The quantitative estimate of drug-likeness (QED) is 0.0262. The second kappa shape index (κ2) is 51.7. The van der Waals surface area contributed by atoms with Gasteiger partial charge in [0.1, 0.15) is 13.2 Å². The molecule has 0 saturated heterocycles. The Bertz CT molecular complexity index is 1340. The summed E-state index contributed by atoms with van der Waals surface area (Å²) < 4.78 is 16.7. The Hall–Kier alpha value is -3.93. The molecular weight excluding hydrogens is 793 g/mol. The third kappa shape index (κ3) is 49.1. The van der Waals surface area contributed by atoms with Crippen LogP contribution < -0.4 is 0 Å². The molecule has 0 bridgehead atoms. The average Bonchev–Trinajstić information content (AvgIpc) is 3.29. The summed E-state index contributed by atoms with van der Waals surface area (Å²) in [5, 5.41) is 0. The van der Waals surface area contributed by atoms with E-state index in [4.69, 9.17) is 14.2 Å². The van der Waals surface area contributed by atoms with E-state index in [0.29, 0.717) is 19.3 Å². The normalized spacial score (nSPS) is 13.0. The maximum absolute atomic E-state index is 12.8. The highest BCUT2D eigenvalue weighted by molar-refractivity contribution is 5.71. The van der Waals surface area contributed by atoms with Gasteiger partial charge < -0.3 is 14.2 Å². The van der Waals surface area contributed by atoms with Crippen LogP contribution in [0.2, 0.25) is 0 Å². The summed E-state index contributed by atoms with van der Waals surface area (Å²) in [7, 11) is 0. The highest BCUT2D eigenvalue weighted by atomic mass is 16.6. The van der Waals surface area contributed by atoms with E-state index in [-0.39, 0.29) is 37.5 Å². The Morgan fingerprint density at radius 3 is 1.06 bits per heavy atom. The summed E-state index contributed by atoms with van der Waals surface area (Å²) >= 11 is 0. The van der Waals surface area contributed by atoms with Crippen LogP contribution in [0, 0.1) is 0 Å². The molecule has 0 aromatic rings. The van der Waals surface area contributed by atoms with Gasteiger partial charge in [-0.2, -0.15) is 0 Å². The molecule has 0 spiro atoms. The number of allylic oxidation sites excluding steroid dienone is 18. The van der Waals surface area contributed by atoms with E-state index in [0.717, 1.165) is 109 Å². The fourth-order valence-corrected chi connectivity index (χ4v) is 6.68. The third-order valence-electron chi connectivity index (χ3n) is 10.5. The van der Waals surface area contributed by atoms with Crippen molar-refractivity contribution in [1.29, 1.82) is 0 Å². The molecule has 6 nitrogen and oxygen atoms in total. The molecule has 1 unspecified atom stereocenters. The topological polar surface area (TPSA) is 78.9 Å². The minimum Gasteiger partial charge on any atom is -0.462 e. The lowest BCUT2D eigenvalue weighted by Gasteiger charge is -2.18. The van der Waals surface area contributed by atoms with Crippen LogP contribution in [0.1, 0.15) is 220 Å². The predicted molar refractivity (Wildman–Crippen MR) is 274 cm³/mol. The molecule has 0 N–H and O–H groups in total. The first kappa shape index (κ1) is 60.1.